The van der Waals surface area contributed by atoms with Gasteiger partial charge in [-0.05, 0) is 36.1 Å². The summed E-state index contributed by atoms with van der Waals surface area (Å²) in [4.78, 5) is 13.8. The van der Waals surface area contributed by atoms with Crippen LogP contribution in [0.2, 0.25) is 0 Å². The molecule has 1 heterocycles. The molecular formula is C20H23N5O. The van der Waals surface area contributed by atoms with Crippen molar-refractivity contribution in [3.8, 4) is 11.4 Å². The van der Waals surface area contributed by atoms with Gasteiger partial charge in [0.15, 0.2) is 0 Å². The van der Waals surface area contributed by atoms with E-state index in [0.29, 0.717) is 5.82 Å². The van der Waals surface area contributed by atoms with Gasteiger partial charge in [0.1, 0.15) is 6.54 Å². The maximum Gasteiger partial charge on any atom is 0.248 e. The number of aromatic nitrogens is 4. The highest BCUT2D eigenvalue weighted by Gasteiger charge is 2.13. The first-order valence-corrected chi connectivity index (χ1v) is 8.86. The number of nitrogens with zero attached hydrogens (tertiary/aromatic N) is 4. The van der Waals surface area contributed by atoms with Gasteiger partial charge in [-0.15, -0.1) is 10.2 Å². The second-order valence-corrected chi connectivity index (χ2v) is 6.22. The molecule has 0 unspecified atom stereocenters. The lowest BCUT2D eigenvalue weighted by atomic mass is 10.0. The normalized spacial score (nSPS) is 10.7. The minimum absolute atomic E-state index is 0.0278. The van der Waals surface area contributed by atoms with Gasteiger partial charge in [-0.3, -0.25) is 4.79 Å². The second kappa shape index (κ2) is 7.91. The van der Waals surface area contributed by atoms with Gasteiger partial charge in [0.2, 0.25) is 11.7 Å². The van der Waals surface area contributed by atoms with Crippen molar-refractivity contribution in [1.29, 1.82) is 0 Å². The van der Waals surface area contributed by atoms with Gasteiger partial charge in [0.25, 0.3) is 0 Å². The summed E-state index contributed by atoms with van der Waals surface area (Å²) < 4.78 is 0. The van der Waals surface area contributed by atoms with Crippen LogP contribution in [0, 0.1) is 6.92 Å². The fraction of sp³-hybridized carbons (Fsp3) is 0.300. The molecule has 0 fully saturated rings. The van der Waals surface area contributed by atoms with Gasteiger partial charge in [0.05, 0.1) is 0 Å². The molecule has 0 spiro atoms. The highest BCUT2D eigenvalue weighted by atomic mass is 16.2. The summed E-state index contributed by atoms with van der Waals surface area (Å²) in [5, 5.41) is 15.4. The van der Waals surface area contributed by atoms with Crippen molar-refractivity contribution in [2.45, 2.75) is 40.2 Å². The first-order valence-electron chi connectivity index (χ1n) is 8.86. The third-order valence-electron chi connectivity index (χ3n) is 4.31. The third kappa shape index (κ3) is 3.96. The molecule has 6 heteroatoms. The molecule has 3 rings (SSSR count). The number of aryl methyl sites for hydroxylation is 3. The van der Waals surface area contributed by atoms with Crippen LogP contribution in [0.15, 0.2) is 42.5 Å². The van der Waals surface area contributed by atoms with Crippen LogP contribution >= 0.6 is 0 Å². The van der Waals surface area contributed by atoms with E-state index in [4.69, 9.17) is 0 Å². The highest BCUT2D eigenvalue weighted by Crippen LogP contribution is 2.22. The summed E-state index contributed by atoms with van der Waals surface area (Å²) in [7, 11) is 0. The number of tetrazole rings is 1. The maximum atomic E-state index is 12.5. The lowest BCUT2D eigenvalue weighted by molar-refractivity contribution is -0.117. The van der Waals surface area contributed by atoms with Crippen molar-refractivity contribution in [2.24, 2.45) is 0 Å². The van der Waals surface area contributed by atoms with Crippen molar-refractivity contribution in [3.05, 3.63) is 59.2 Å². The molecule has 1 aromatic heterocycles. The Morgan fingerprint density at radius 1 is 1.04 bits per heavy atom. The molecule has 0 aliphatic heterocycles. The number of amides is 1. The molecule has 26 heavy (non-hydrogen) atoms. The van der Waals surface area contributed by atoms with Crippen LogP contribution in [0.3, 0.4) is 0 Å². The predicted octanol–water partition coefficient (Wildman–Crippen LogP) is 3.41. The van der Waals surface area contributed by atoms with E-state index in [1.807, 2.05) is 49.4 Å². The quantitative estimate of drug-likeness (QED) is 0.740. The summed E-state index contributed by atoms with van der Waals surface area (Å²) in [5.41, 5.74) is 5.21. The Morgan fingerprint density at radius 2 is 1.69 bits per heavy atom. The third-order valence-corrected chi connectivity index (χ3v) is 4.31. The molecule has 134 valence electrons. The molecule has 3 aromatic rings. The minimum Gasteiger partial charge on any atom is -0.324 e. The van der Waals surface area contributed by atoms with E-state index >= 15 is 0 Å². The van der Waals surface area contributed by atoms with Crippen LogP contribution in [0.25, 0.3) is 11.4 Å². The van der Waals surface area contributed by atoms with Crippen molar-refractivity contribution in [2.75, 3.05) is 5.32 Å². The summed E-state index contributed by atoms with van der Waals surface area (Å²) >= 11 is 0. The summed E-state index contributed by atoms with van der Waals surface area (Å²) in [6.45, 7) is 6.21. The van der Waals surface area contributed by atoms with E-state index in [0.717, 1.165) is 35.2 Å². The topological polar surface area (TPSA) is 72.7 Å². The molecule has 0 atom stereocenters. The smallest absolute Gasteiger partial charge is 0.248 e. The van der Waals surface area contributed by atoms with E-state index in [2.05, 4.69) is 34.6 Å². The number of rotatable bonds is 6. The number of hydrogen-bond donors (Lipinski definition) is 1. The van der Waals surface area contributed by atoms with Crippen LogP contribution in [0.1, 0.15) is 30.5 Å². The molecule has 6 nitrogen and oxygen atoms in total. The minimum atomic E-state index is -0.159. The lowest BCUT2D eigenvalue weighted by Gasteiger charge is -2.14. The van der Waals surface area contributed by atoms with Crippen molar-refractivity contribution in [3.63, 3.8) is 0 Å². The van der Waals surface area contributed by atoms with Gasteiger partial charge >= 0.3 is 0 Å². The van der Waals surface area contributed by atoms with Crippen LogP contribution < -0.4 is 5.32 Å². The zero-order valence-electron chi connectivity index (χ0n) is 15.4. The molecule has 0 bridgehead atoms. The Morgan fingerprint density at radius 3 is 2.31 bits per heavy atom. The largest absolute Gasteiger partial charge is 0.324 e. The molecule has 2 aromatic carbocycles. The maximum absolute atomic E-state index is 12.5. The molecule has 0 radical (unpaired) electrons. The number of carbonyl (C=O) groups is 1. The van der Waals surface area contributed by atoms with Crippen molar-refractivity contribution in [1.82, 2.24) is 20.2 Å². The summed E-state index contributed by atoms with van der Waals surface area (Å²) in [5.74, 6) is 0.356. The lowest BCUT2D eigenvalue weighted by Crippen LogP contribution is -2.22. The number of nitrogens with one attached hydrogen (secondary N) is 1. The Kier molecular flexibility index (Phi) is 5.41. The number of anilines is 1. The van der Waals surface area contributed by atoms with Gasteiger partial charge in [-0.25, -0.2) is 0 Å². The van der Waals surface area contributed by atoms with E-state index in [1.165, 1.54) is 10.4 Å². The summed E-state index contributed by atoms with van der Waals surface area (Å²) in [6, 6.07) is 14.0. The fourth-order valence-corrected chi connectivity index (χ4v) is 2.84. The Balaban J connectivity index is 1.73. The van der Waals surface area contributed by atoms with Crippen LogP contribution in [-0.2, 0) is 24.2 Å². The molecular weight excluding hydrogens is 326 g/mol. The Hall–Kier alpha value is -3.02. The van der Waals surface area contributed by atoms with Crippen molar-refractivity contribution < 1.29 is 4.79 Å². The molecule has 0 aliphatic rings. The molecule has 0 saturated heterocycles. The predicted molar refractivity (Wildman–Crippen MR) is 102 cm³/mol. The van der Waals surface area contributed by atoms with Crippen LogP contribution in [-0.4, -0.2) is 26.1 Å². The standard InChI is InChI=1S/C20H23N5O/c1-4-15-7-6-8-16(5-2)19(15)21-18(26)13-25-23-20(22-24-25)17-11-9-14(3)10-12-17/h6-12H,4-5,13H2,1-3H3,(H,21,26). The monoisotopic (exact) mass is 349 g/mol. The highest BCUT2D eigenvalue weighted by molar-refractivity contribution is 5.92. The zero-order chi connectivity index (χ0) is 18.5. The Bertz CT molecular complexity index is 877. The fourth-order valence-electron chi connectivity index (χ4n) is 2.84. The van der Waals surface area contributed by atoms with E-state index in [1.54, 1.807) is 0 Å². The Labute approximate surface area is 153 Å². The molecule has 0 saturated carbocycles. The number of para-hydroxylation sites is 1. The van der Waals surface area contributed by atoms with Crippen LogP contribution in [0.5, 0.6) is 0 Å². The average molecular weight is 349 g/mol. The number of benzene rings is 2. The van der Waals surface area contributed by atoms with Crippen molar-refractivity contribution >= 4 is 11.6 Å². The number of carbonyl (C=O) groups excluding carboxylic acids is 1. The molecule has 1 amide bonds. The first kappa shape index (κ1) is 17.8. The van der Waals surface area contributed by atoms with Gasteiger partial charge in [0, 0.05) is 11.3 Å². The molecule has 1 N–H and O–H groups in total. The average Bonchev–Trinajstić information content (AvgIpc) is 3.10. The second-order valence-electron chi connectivity index (χ2n) is 6.22. The SMILES string of the molecule is CCc1cccc(CC)c1NC(=O)Cn1nnc(-c2ccc(C)cc2)n1. The van der Waals surface area contributed by atoms with Gasteiger partial charge < -0.3 is 5.32 Å². The first-order chi connectivity index (χ1) is 12.6. The summed E-state index contributed by atoms with van der Waals surface area (Å²) in [6.07, 6.45) is 1.73. The number of hydrogen-bond acceptors (Lipinski definition) is 4. The molecule has 0 aliphatic carbocycles. The van der Waals surface area contributed by atoms with E-state index in [-0.39, 0.29) is 12.5 Å². The van der Waals surface area contributed by atoms with Gasteiger partial charge in [-0.2, -0.15) is 4.80 Å². The van der Waals surface area contributed by atoms with E-state index in [9.17, 15) is 4.79 Å². The van der Waals surface area contributed by atoms with E-state index < -0.39 is 0 Å². The zero-order valence-corrected chi connectivity index (χ0v) is 15.4. The van der Waals surface area contributed by atoms with Gasteiger partial charge in [-0.1, -0.05) is 61.9 Å². The van der Waals surface area contributed by atoms with Crippen LogP contribution in [0.4, 0.5) is 5.69 Å².